The molecule has 2 amide bonds. The average molecular weight is 332 g/mol. The maximum atomic E-state index is 12.0. The number of hydrogen-bond acceptors (Lipinski definition) is 4. The van der Waals surface area contributed by atoms with E-state index in [1.165, 1.54) is 0 Å². The van der Waals surface area contributed by atoms with E-state index < -0.39 is 11.6 Å². The predicted octanol–water partition coefficient (Wildman–Crippen LogP) is 3.32. The van der Waals surface area contributed by atoms with Crippen LogP contribution in [0.15, 0.2) is 34.7 Å². The van der Waals surface area contributed by atoms with Crippen molar-refractivity contribution in [2.45, 2.75) is 33.3 Å². The second kappa shape index (κ2) is 7.40. The third kappa shape index (κ3) is 4.52. The number of hydrogen-bond donors (Lipinski definition) is 3. The van der Waals surface area contributed by atoms with Crippen molar-refractivity contribution < 1.29 is 19.1 Å². The molecule has 0 spiro atoms. The Hall–Kier alpha value is -2.47. The molecule has 0 aliphatic heterocycles. The van der Waals surface area contributed by atoms with Gasteiger partial charge in [0.1, 0.15) is 22.9 Å². The van der Waals surface area contributed by atoms with Crippen LogP contribution in [0.25, 0.3) is 0 Å². The summed E-state index contributed by atoms with van der Waals surface area (Å²) in [5.74, 6) is 2.12. The van der Waals surface area contributed by atoms with E-state index in [-0.39, 0.29) is 6.54 Å². The molecular weight excluding hydrogens is 308 g/mol. The highest BCUT2D eigenvalue weighted by atomic mass is 16.5. The van der Waals surface area contributed by atoms with Crippen LogP contribution in [-0.2, 0) is 5.60 Å². The Bertz CT molecular complexity index is 690. The fourth-order valence-electron chi connectivity index (χ4n) is 2.49. The molecule has 0 fully saturated rings. The summed E-state index contributed by atoms with van der Waals surface area (Å²) < 4.78 is 10.8. The number of aryl methyl sites for hydroxylation is 2. The highest BCUT2D eigenvalue weighted by Gasteiger charge is 2.28. The van der Waals surface area contributed by atoms with E-state index in [1.807, 2.05) is 13.8 Å². The second-order valence-corrected chi connectivity index (χ2v) is 5.87. The Labute approximate surface area is 141 Å². The first kappa shape index (κ1) is 17.9. The van der Waals surface area contributed by atoms with Crippen LogP contribution in [0.3, 0.4) is 0 Å². The summed E-state index contributed by atoms with van der Waals surface area (Å²) in [7, 11) is 0. The van der Waals surface area contributed by atoms with Crippen molar-refractivity contribution in [3.05, 3.63) is 47.4 Å². The summed E-state index contributed by atoms with van der Waals surface area (Å²) in [5.41, 5.74) is 0.102. The first-order chi connectivity index (χ1) is 11.3. The molecule has 0 aliphatic carbocycles. The van der Waals surface area contributed by atoms with E-state index in [2.05, 4.69) is 10.6 Å². The molecule has 2 rings (SSSR count). The number of nitrogens with one attached hydrogen (secondary N) is 2. The molecule has 0 saturated carbocycles. The Morgan fingerprint density at radius 1 is 1.29 bits per heavy atom. The first-order valence-electron chi connectivity index (χ1n) is 7.89. The number of ether oxygens (including phenoxy) is 1. The summed E-state index contributed by atoms with van der Waals surface area (Å²) in [5, 5.41) is 16.0. The zero-order valence-corrected chi connectivity index (χ0v) is 14.5. The molecule has 0 saturated heterocycles. The molecule has 6 nitrogen and oxygen atoms in total. The SMILES string of the molecule is CCOc1ccc(NC(=O)NCC(C)(O)c2cc(C)oc2C)cc1. The minimum absolute atomic E-state index is 0.0652. The summed E-state index contributed by atoms with van der Waals surface area (Å²) >= 11 is 0. The number of carbonyl (C=O) groups is 1. The minimum atomic E-state index is -1.21. The number of urea groups is 1. The smallest absolute Gasteiger partial charge is 0.319 e. The third-order valence-corrected chi connectivity index (χ3v) is 3.64. The number of aliphatic hydroxyl groups is 1. The molecule has 1 atom stereocenters. The van der Waals surface area contributed by atoms with Gasteiger partial charge in [0.05, 0.1) is 13.2 Å². The van der Waals surface area contributed by atoms with Gasteiger partial charge in [-0.1, -0.05) is 0 Å². The van der Waals surface area contributed by atoms with Gasteiger partial charge < -0.3 is 24.9 Å². The lowest BCUT2D eigenvalue weighted by atomic mass is 9.96. The maximum Gasteiger partial charge on any atom is 0.319 e. The molecule has 2 aromatic rings. The van der Waals surface area contributed by atoms with Crippen molar-refractivity contribution >= 4 is 11.7 Å². The zero-order chi connectivity index (χ0) is 17.7. The van der Waals surface area contributed by atoms with Gasteiger partial charge in [-0.15, -0.1) is 0 Å². The Morgan fingerprint density at radius 2 is 1.96 bits per heavy atom. The molecule has 0 aliphatic rings. The third-order valence-electron chi connectivity index (χ3n) is 3.64. The number of rotatable bonds is 6. The molecule has 0 radical (unpaired) electrons. The van der Waals surface area contributed by atoms with Gasteiger partial charge in [-0.05, 0) is 58.0 Å². The van der Waals surface area contributed by atoms with E-state index in [0.29, 0.717) is 23.6 Å². The number of carbonyl (C=O) groups excluding carboxylic acids is 1. The fourth-order valence-corrected chi connectivity index (χ4v) is 2.49. The monoisotopic (exact) mass is 332 g/mol. The van der Waals surface area contributed by atoms with Crippen LogP contribution in [0.4, 0.5) is 10.5 Å². The van der Waals surface area contributed by atoms with Gasteiger partial charge in [0.2, 0.25) is 0 Å². The average Bonchev–Trinajstić information content (AvgIpc) is 2.87. The molecule has 1 heterocycles. The van der Waals surface area contributed by atoms with Crippen LogP contribution in [0.1, 0.15) is 30.9 Å². The van der Waals surface area contributed by atoms with Gasteiger partial charge in [-0.2, -0.15) is 0 Å². The topological polar surface area (TPSA) is 83.7 Å². The molecule has 6 heteroatoms. The second-order valence-electron chi connectivity index (χ2n) is 5.87. The Kier molecular flexibility index (Phi) is 5.51. The van der Waals surface area contributed by atoms with Crippen LogP contribution < -0.4 is 15.4 Å². The first-order valence-corrected chi connectivity index (χ1v) is 7.89. The van der Waals surface area contributed by atoms with Gasteiger partial charge in [-0.25, -0.2) is 4.79 Å². The van der Waals surface area contributed by atoms with Crippen molar-refractivity contribution in [2.75, 3.05) is 18.5 Å². The zero-order valence-electron chi connectivity index (χ0n) is 14.5. The molecule has 0 bridgehead atoms. The van der Waals surface area contributed by atoms with Crippen LogP contribution in [0, 0.1) is 13.8 Å². The summed E-state index contributed by atoms with van der Waals surface area (Å²) in [4.78, 5) is 12.0. The highest BCUT2D eigenvalue weighted by Crippen LogP contribution is 2.26. The summed E-state index contributed by atoms with van der Waals surface area (Å²) in [6.07, 6.45) is 0. The normalized spacial score (nSPS) is 13.2. The van der Waals surface area contributed by atoms with Gasteiger partial charge in [0.15, 0.2) is 0 Å². The van der Waals surface area contributed by atoms with E-state index in [4.69, 9.17) is 9.15 Å². The predicted molar refractivity (Wildman–Crippen MR) is 92.4 cm³/mol. The lowest BCUT2D eigenvalue weighted by Gasteiger charge is -2.23. The number of benzene rings is 1. The Morgan fingerprint density at radius 3 is 2.50 bits per heavy atom. The lowest BCUT2D eigenvalue weighted by Crippen LogP contribution is -2.40. The van der Waals surface area contributed by atoms with Gasteiger partial charge in [-0.3, -0.25) is 0 Å². The maximum absolute atomic E-state index is 12.0. The molecule has 1 unspecified atom stereocenters. The lowest BCUT2D eigenvalue weighted by molar-refractivity contribution is 0.0584. The van der Waals surface area contributed by atoms with Crippen LogP contribution in [-0.4, -0.2) is 24.3 Å². The van der Waals surface area contributed by atoms with E-state index >= 15 is 0 Å². The van der Waals surface area contributed by atoms with E-state index in [9.17, 15) is 9.90 Å². The number of furan rings is 1. The van der Waals surface area contributed by atoms with Crippen LogP contribution >= 0.6 is 0 Å². The minimum Gasteiger partial charge on any atom is -0.494 e. The summed E-state index contributed by atoms with van der Waals surface area (Å²) in [6.45, 7) is 7.82. The van der Waals surface area contributed by atoms with Crippen molar-refractivity contribution in [1.29, 1.82) is 0 Å². The number of anilines is 1. The van der Waals surface area contributed by atoms with Gasteiger partial charge in [0, 0.05) is 11.3 Å². The van der Waals surface area contributed by atoms with Crippen molar-refractivity contribution in [1.82, 2.24) is 5.32 Å². The van der Waals surface area contributed by atoms with E-state index in [1.54, 1.807) is 44.2 Å². The largest absolute Gasteiger partial charge is 0.494 e. The molecule has 1 aromatic heterocycles. The molecule has 24 heavy (non-hydrogen) atoms. The Balaban J connectivity index is 1.91. The van der Waals surface area contributed by atoms with Crippen molar-refractivity contribution in [3.63, 3.8) is 0 Å². The van der Waals surface area contributed by atoms with Gasteiger partial charge in [0.25, 0.3) is 0 Å². The highest BCUT2D eigenvalue weighted by molar-refractivity contribution is 5.89. The summed E-state index contributed by atoms with van der Waals surface area (Å²) in [6, 6.07) is 8.47. The van der Waals surface area contributed by atoms with Gasteiger partial charge >= 0.3 is 6.03 Å². The standard InChI is InChI=1S/C18H24N2O4/c1-5-23-15-8-6-14(7-9-15)20-17(21)19-11-18(4,22)16-10-12(2)24-13(16)3/h6-10,22H,5,11H2,1-4H3,(H2,19,20,21). The molecule has 130 valence electrons. The van der Waals surface area contributed by atoms with E-state index in [0.717, 1.165) is 11.5 Å². The molecule has 3 N–H and O–H groups in total. The fraction of sp³-hybridized carbons (Fsp3) is 0.389. The van der Waals surface area contributed by atoms with Crippen LogP contribution in [0.2, 0.25) is 0 Å². The van der Waals surface area contributed by atoms with Crippen LogP contribution in [0.5, 0.6) is 5.75 Å². The van der Waals surface area contributed by atoms with Crippen molar-refractivity contribution in [3.8, 4) is 5.75 Å². The molecular formula is C18H24N2O4. The van der Waals surface area contributed by atoms with Crippen molar-refractivity contribution in [2.24, 2.45) is 0 Å². The molecule has 1 aromatic carbocycles. The number of amides is 2. The quantitative estimate of drug-likeness (QED) is 0.757.